The molecule has 0 aromatic rings. The van der Waals surface area contributed by atoms with Crippen LogP contribution in [0.5, 0.6) is 0 Å². The highest BCUT2D eigenvalue weighted by molar-refractivity contribution is 6.17. The van der Waals surface area contributed by atoms with Gasteiger partial charge >= 0.3 is 0 Å². The van der Waals surface area contributed by atoms with Gasteiger partial charge in [0, 0.05) is 19.1 Å². The SMILES string of the molecule is OOCOCCOCCOCCCCCOCCCl. The van der Waals surface area contributed by atoms with Gasteiger partial charge in [0.05, 0.1) is 33.0 Å². The topological polar surface area (TPSA) is 66.4 Å². The summed E-state index contributed by atoms with van der Waals surface area (Å²) in [6.07, 6.45) is 3.17. The van der Waals surface area contributed by atoms with Gasteiger partial charge < -0.3 is 18.9 Å². The smallest absolute Gasteiger partial charge is 0.180 e. The monoisotopic (exact) mass is 300 g/mol. The molecule has 19 heavy (non-hydrogen) atoms. The van der Waals surface area contributed by atoms with E-state index < -0.39 is 0 Å². The third-order valence-corrected chi connectivity index (χ3v) is 2.33. The zero-order valence-corrected chi connectivity index (χ0v) is 12.1. The number of unbranched alkanes of at least 4 members (excludes halogenated alkanes) is 2. The molecular weight excluding hydrogens is 276 g/mol. The van der Waals surface area contributed by atoms with Crippen LogP contribution in [0.15, 0.2) is 0 Å². The lowest BCUT2D eigenvalue weighted by Gasteiger charge is -2.06. The minimum Gasteiger partial charge on any atom is -0.380 e. The van der Waals surface area contributed by atoms with Crippen molar-refractivity contribution in [2.24, 2.45) is 0 Å². The molecule has 1 N–H and O–H groups in total. The zero-order valence-electron chi connectivity index (χ0n) is 11.4. The first-order chi connectivity index (χ1) is 9.41. The Morgan fingerprint density at radius 2 is 1.16 bits per heavy atom. The molecule has 0 heterocycles. The summed E-state index contributed by atoms with van der Waals surface area (Å²) in [5.41, 5.74) is 0. The quantitative estimate of drug-likeness (QED) is 0.154. The van der Waals surface area contributed by atoms with Gasteiger partial charge in [0.15, 0.2) is 6.79 Å². The Kier molecular flexibility index (Phi) is 18.1. The van der Waals surface area contributed by atoms with Gasteiger partial charge in [0.25, 0.3) is 0 Å². The Morgan fingerprint density at radius 1 is 0.632 bits per heavy atom. The molecular formula is C12H25ClO6. The van der Waals surface area contributed by atoms with Gasteiger partial charge in [-0.15, -0.1) is 11.6 Å². The minimum absolute atomic E-state index is 0.130. The van der Waals surface area contributed by atoms with Crippen molar-refractivity contribution in [3.05, 3.63) is 0 Å². The minimum atomic E-state index is -0.130. The predicted octanol–water partition coefficient (Wildman–Crippen LogP) is 1.91. The molecule has 0 fully saturated rings. The lowest BCUT2D eigenvalue weighted by atomic mass is 10.2. The lowest BCUT2D eigenvalue weighted by molar-refractivity contribution is -0.297. The second kappa shape index (κ2) is 18.0. The van der Waals surface area contributed by atoms with Crippen LogP contribution in [-0.4, -0.2) is 64.2 Å². The number of hydrogen-bond donors (Lipinski definition) is 1. The molecule has 0 aromatic heterocycles. The first-order valence-corrected chi connectivity index (χ1v) is 7.08. The highest BCUT2D eigenvalue weighted by Crippen LogP contribution is 1.97. The molecule has 0 bridgehead atoms. The normalized spacial score (nSPS) is 11.1. The standard InChI is InChI=1S/C12H25ClO6/c13-4-7-15-5-2-1-3-6-16-8-9-17-10-11-18-12-19-14/h14H,1-12H2. The Labute approximate surface area is 119 Å². The van der Waals surface area contributed by atoms with Crippen molar-refractivity contribution in [1.29, 1.82) is 0 Å². The van der Waals surface area contributed by atoms with E-state index in [4.69, 9.17) is 35.8 Å². The van der Waals surface area contributed by atoms with Crippen LogP contribution < -0.4 is 0 Å². The largest absolute Gasteiger partial charge is 0.380 e. The van der Waals surface area contributed by atoms with Crippen LogP contribution in [-0.2, 0) is 23.8 Å². The van der Waals surface area contributed by atoms with Crippen molar-refractivity contribution in [3.8, 4) is 0 Å². The number of rotatable bonds is 16. The predicted molar refractivity (Wildman–Crippen MR) is 71.6 cm³/mol. The van der Waals surface area contributed by atoms with Gasteiger partial charge in [-0.1, -0.05) is 0 Å². The van der Waals surface area contributed by atoms with Gasteiger partial charge in [0.2, 0.25) is 0 Å². The van der Waals surface area contributed by atoms with Crippen LogP contribution >= 0.6 is 11.6 Å². The summed E-state index contributed by atoms with van der Waals surface area (Å²) >= 11 is 5.48. The molecule has 0 radical (unpaired) electrons. The van der Waals surface area contributed by atoms with Crippen LogP contribution in [0.4, 0.5) is 0 Å². The van der Waals surface area contributed by atoms with Gasteiger partial charge in [-0.2, -0.15) is 0 Å². The Morgan fingerprint density at radius 3 is 1.74 bits per heavy atom. The Hall–Kier alpha value is 0.0500. The maximum atomic E-state index is 7.97. The average Bonchev–Trinajstić information content (AvgIpc) is 2.43. The molecule has 0 aromatic carbocycles. The van der Waals surface area contributed by atoms with E-state index in [2.05, 4.69) is 4.89 Å². The summed E-state index contributed by atoms with van der Waals surface area (Å²) in [6.45, 7) is 3.99. The van der Waals surface area contributed by atoms with Crippen molar-refractivity contribution in [2.45, 2.75) is 19.3 Å². The number of ether oxygens (including phenoxy) is 4. The van der Waals surface area contributed by atoms with Gasteiger partial charge in [-0.3, -0.25) is 0 Å². The van der Waals surface area contributed by atoms with Crippen LogP contribution in [0.2, 0.25) is 0 Å². The molecule has 116 valence electrons. The summed E-state index contributed by atoms with van der Waals surface area (Å²) in [4.78, 5) is 3.74. The molecule has 0 spiro atoms. The first-order valence-electron chi connectivity index (χ1n) is 6.55. The van der Waals surface area contributed by atoms with E-state index in [-0.39, 0.29) is 6.79 Å². The first kappa shape index (κ1) is 19.1. The van der Waals surface area contributed by atoms with E-state index in [9.17, 15) is 0 Å². The van der Waals surface area contributed by atoms with E-state index in [0.717, 1.165) is 32.5 Å². The van der Waals surface area contributed by atoms with E-state index in [0.29, 0.717) is 38.9 Å². The molecule has 0 atom stereocenters. The molecule has 6 nitrogen and oxygen atoms in total. The average molecular weight is 301 g/mol. The molecule has 0 rings (SSSR count). The third kappa shape index (κ3) is 18.1. The summed E-state index contributed by atoms with van der Waals surface area (Å²) < 4.78 is 20.7. The number of hydrogen-bond acceptors (Lipinski definition) is 6. The van der Waals surface area contributed by atoms with Gasteiger partial charge in [-0.05, 0) is 19.3 Å². The van der Waals surface area contributed by atoms with E-state index in [1.807, 2.05) is 0 Å². The summed E-state index contributed by atoms with van der Waals surface area (Å²) in [6, 6.07) is 0. The van der Waals surface area contributed by atoms with Crippen LogP contribution in [0.3, 0.4) is 0 Å². The number of alkyl halides is 1. The summed E-state index contributed by atoms with van der Waals surface area (Å²) in [7, 11) is 0. The van der Waals surface area contributed by atoms with Crippen LogP contribution in [0, 0.1) is 0 Å². The maximum absolute atomic E-state index is 7.97. The van der Waals surface area contributed by atoms with E-state index in [1.54, 1.807) is 0 Å². The van der Waals surface area contributed by atoms with E-state index >= 15 is 0 Å². The maximum Gasteiger partial charge on any atom is 0.180 e. The fourth-order valence-corrected chi connectivity index (χ4v) is 1.39. The molecule has 0 saturated carbocycles. The second-order valence-corrected chi connectivity index (χ2v) is 4.12. The van der Waals surface area contributed by atoms with E-state index in [1.165, 1.54) is 0 Å². The van der Waals surface area contributed by atoms with Crippen molar-refractivity contribution in [3.63, 3.8) is 0 Å². The Bertz CT molecular complexity index is 145. The Balaban J connectivity index is 2.88. The van der Waals surface area contributed by atoms with Crippen molar-refractivity contribution in [2.75, 3.05) is 58.9 Å². The molecule has 0 amide bonds. The van der Waals surface area contributed by atoms with Crippen LogP contribution in [0.1, 0.15) is 19.3 Å². The molecule has 0 aliphatic rings. The molecule has 0 saturated heterocycles. The summed E-state index contributed by atoms with van der Waals surface area (Å²) in [5.74, 6) is 0.557. The van der Waals surface area contributed by atoms with Gasteiger partial charge in [0.1, 0.15) is 0 Å². The van der Waals surface area contributed by atoms with Gasteiger partial charge in [-0.25, -0.2) is 10.1 Å². The molecule has 0 unspecified atom stereocenters. The van der Waals surface area contributed by atoms with Crippen molar-refractivity contribution >= 4 is 11.6 Å². The second-order valence-electron chi connectivity index (χ2n) is 3.74. The molecule has 0 aliphatic carbocycles. The summed E-state index contributed by atoms with van der Waals surface area (Å²) in [5, 5.41) is 7.97. The fraction of sp³-hybridized carbons (Fsp3) is 1.00. The van der Waals surface area contributed by atoms with Crippen LogP contribution in [0.25, 0.3) is 0 Å². The zero-order chi connectivity index (χ0) is 14.0. The molecule has 0 aliphatic heterocycles. The van der Waals surface area contributed by atoms with Crippen molar-refractivity contribution in [1.82, 2.24) is 0 Å². The third-order valence-electron chi connectivity index (χ3n) is 2.18. The highest BCUT2D eigenvalue weighted by atomic mass is 35.5. The molecule has 7 heteroatoms. The highest BCUT2D eigenvalue weighted by Gasteiger charge is 1.93. The fourth-order valence-electron chi connectivity index (χ4n) is 1.28. The lowest BCUT2D eigenvalue weighted by Crippen LogP contribution is -2.10. The van der Waals surface area contributed by atoms with Crippen molar-refractivity contribution < 1.29 is 29.1 Å². The number of halogens is 1.